The van der Waals surface area contributed by atoms with E-state index in [4.69, 9.17) is 4.74 Å². The molecule has 0 aromatic heterocycles. The van der Waals surface area contributed by atoms with Crippen molar-refractivity contribution in [2.45, 2.75) is 97.7 Å². The molecule has 1 heterocycles. The quantitative estimate of drug-likeness (QED) is 0.332. The molecule has 2 aromatic rings. The van der Waals surface area contributed by atoms with Gasteiger partial charge in [0.25, 0.3) is 5.91 Å². The Kier molecular flexibility index (Phi) is 10.4. The first kappa shape index (κ1) is 28.2. The second-order valence-electron chi connectivity index (χ2n) is 10.8. The van der Waals surface area contributed by atoms with Crippen LogP contribution in [-0.2, 0) is 11.3 Å². The molecule has 1 fully saturated rings. The summed E-state index contributed by atoms with van der Waals surface area (Å²) in [5, 5.41) is 0. The molecule has 0 N–H and O–H groups in total. The Morgan fingerprint density at radius 1 is 0.972 bits per heavy atom. The zero-order chi connectivity index (χ0) is 26.2. The van der Waals surface area contributed by atoms with Crippen LogP contribution in [0.4, 0.5) is 4.39 Å². The van der Waals surface area contributed by atoms with Gasteiger partial charge in [0, 0.05) is 31.7 Å². The highest BCUT2D eigenvalue weighted by atomic mass is 19.1. The Bertz CT molecular complexity index is 977. The van der Waals surface area contributed by atoms with Gasteiger partial charge < -0.3 is 9.64 Å². The number of halogens is 1. The molecule has 0 spiro atoms. The average Bonchev–Trinajstić information content (AvgIpc) is 2.86. The molecule has 4 atom stereocenters. The predicted molar refractivity (Wildman–Crippen MR) is 146 cm³/mol. The molecule has 0 radical (unpaired) electrons. The molecule has 5 heteroatoms. The van der Waals surface area contributed by atoms with E-state index < -0.39 is 0 Å². The lowest BCUT2D eigenvalue weighted by atomic mass is 9.89. The number of ether oxygens (including phenoxy) is 1. The smallest absolute Gasteiger partial charge is 0.260 e. The minimum atomic E-state index is -0.215. The minimum absolute atomic E-state index is 0.0355. The minimum Gasteiger partial charge on any atom is -0.483 e. The molecular weight excluding hydrogens is 451 g/mol. The second-order valence-corrected chi connectivity index (χ2v) is 10.8. The molecule has 198 valence electrons. The third-order valence-electron chi connectivity index (χ3n) is 7.66. The Hall–Kier alpha value is -2.40. The van der Waals surface area contributed by atoms with Crippen molar-refractivity contribution in [1.29, 1.82) is 0 Å². The molecule has 4 nitrogen and oxygen atoms in total. The van der Waals surface area contributed by atoms with Gasteiger partial charge in [0.05, 0.1) is 0 Å². The second kappa shape index (κ2) is 13.2. The third kappa shape index (κ3) is 7.32. The highest BCUT2D eigenvalue weighted by Crippen LogP contribution is 2.34. The van der Waals surface area contributed by atoms with Crippen molar-refractivity contribution >= 4 is 5.91 Å². The van der Waals surface area contributed by atoms with E-state index in [2.05, 4.69) is 64.6 Å². The van der Waals surface area contributed by atoms with Crippen LogP contribution < -0.4 is 4.74 Å². The van der Waals surface area contributed by atoms with E-state index in [0.29, 0.717) is 18.4 Å². The lowest BCUT2D eigenvalue weighted by molar-refractivity contribution is -0.139. The zero-order valence-electron chi connectivity index (χ0n) is 23.1. The van der Waals surface area contributed by atoms with Gasteiger partial charge in [-0.15, -0.1) is 0 Å². The molecular formula is C31H45FN2O2. The summed E-state index contributed by atoms with van der Waals surface area (Å²) in [6.07, 6.45) is 4.55. The average molecular weight is 497 g/mol. The van der Waals surface area contributed by atoms with Crippen LogP contribution in [0.25, 0.3) is 0 Å². The van der Waals surface area contributed by atoms with E-state index in [1.807, 2.05) is 17.0 Å². The van der Waals surface area contributed by atoms with E-state index in [9.17, 15) is 9.18 Å². The van der Waals surface area contributed by atoms with Crippen LogP contribution in [0.5, 0.6) is 5.75 Å². The van der Waals surface area contributed by atoms with E-state index in [-0.39, 0.29) is 30.4 Å². The summed E-state index contributed by atoms with van der Waals surface area (Å²) in [5.74, 6) is 1.57. The van der Waals surface area contributed by atoms with Crippen molar-refractivity contribution < 1.29 is 13.9 Å². The molecule has 2 unspecified atom stereocenters. The Morgan fingerprint density at radius 2 is 1.64 bits per heavy atom. The normalized spacial score (nSPS) is 20.2. The Morgan fingerprint density at radius 3 is 2.31 bits per heavy atom. The van der Waals surface area contributed by atoms with E-state index in [1.54, 1.807) is 0 Å². The maximum atomic E-state index is 13.3. The Labute approximate surface area is 217 Å². The number of amides is 1. The molecule has 0 aliphatic carbocycles. The summed E-state index contributed by atoms with van der Waals surface area (Å²) in [4.78, 5) is 17.6. The van der Waals surface area contributed by atoms with E-state index in [0.717, 1.165) is 37.2 Å². The number of hydrogen-bond acceptors (Lipinski definition) is 3. The van der Waals surface area contributed by atoms with Crippen molar-refractivity contribution in [3.8, 4) is 5.75 Å². The van der Waals surface area contributed by atoms with Gasteiger partial charge in [-0.25, -0.2) is 4.39 Å². The van der Waals surface area contributed by atoms with E-state index >= 15 is 0 Å². The van der Waals surface area contributed by atoms with Gasteiger partial charge in [-0.1, -0.05) is 64.8 Å². The molecule has 1 saturated heterocycles. The van der Waals surface area contributed by atoms with Crippen LogP contribution >= 0.6 is 0 Å². The van der Waals surface area contributed by atoms with Crippen LogP contribution in [0.15, 0.2) is 42.5 Å². The Balaban J connectivity index is 1.64. The lowest BCUT2D eigenvalue weighted by Gasteiger charge is -2.44. The molecule has 2 aromatic carbocycles. The topological polar surface area (TPSA) is 32.8 Å². The van der Waals surface area contributed by atoms with Crippen LogP contribution in [-0.4, -0.2) is 47.5 Å². The standard InChI is InChI=1S/C31H45FN2O2/c1-7-9-22(3)27-13-16-30(29(17-27)23(4)10-8-2)36-21-31(35)34-19-24(5)33(18-25(34)6)20-26-11-14-28(32)15-12-26/h11-17,22-25H,7-10,18-21H2,1-6H3/t22?,23?,24-,25+/m0/s1. The molecule has 1 amide bonds. The summed E-state index contributed by atoms with van der Waals surface area (Å²) in [7, 11) is 0. The van der Waals surface area contributed by atoms with Crippen LogP contribution in [0, 0.1) is 5.82 Å². The van der Waals surface area contributed by atoms with Gasteiger partial charge >= 0.3 is 0 Å². The van der Waals surface area contributed by atoms with Gasteiger partial charge in [-0.2, -0.15) is 0 Å². The molecule has 0 bridgehead atoms. The summed E-state index contributed by atoms with van der Waals surface area (Å²) in [5.41, 5.74) is 3.66. The monoisotopic (exact) mass is 496 g/mol. The fourth-order valence-corrected chi connectivity index (χ4v) is 5.39. The highest BCUT2D eigenvalue weighted by Gasteiger charge is 2.32. The van der Waals surface area contributed by atoms with Crippen molar-refractivity contribution in [2.24, 2.45) is 0 Å². The van der Waals surface area contributed by atoms with Crippen LogP contribution in [0.3, 0.4) is 0 Å². The first-order valence-electron chi connectivity index (χ1n) is 13.8. The fourth-order valence-electron chi connectivity index (χ4n) is 5.39. The molecule has 3 rings (SSSR count). The number of benzene rings is 2. The number of carbonyl (C=O) groups is 1. The number of rotatable bonds is 11. The lowest BCUT2D eigenvalue weighted by Crippen LogP contribution is -2.58. The SMILES string of the molecule is CCCC(C)c1ccc(OCC(=O)N2C[C@H](C)N(Cc3ccc(F)cc3)C[C@H]2C)c(C(C)CCC)c1. The van der Waals surface area contributed by atoms with Crippen molar-refractivity contribution in [2.75, 3.05) is 19.7 Å². The summed E-state index contributed by atoms with van der Waals surface area (Å²) >= 11 is 0. The van der Waals surface area contributed by atoms with Gasteiger partial charge in [-0.3, -0.25) is 9.69 Å². The van der Waals surface area contributed by atoms with Gasteiger partial charge in [0.2, 0.25) is 0 Å². The highest BCUT2D eigenvalue weighted by molar-refractivity contribution is 5.78. The number of nitrogens with zero attached hydrogens (tertiary/aromatic N) is 2. The number of piperazine rings is 1. The third-order valence-corrected chi connectivity index (χ3v) is 7.66. The van der Waals surface area contributed by atoms with Gasteiger partial charge in [-0.05, 0) is 73.4 Å². The summed E-state index contributed by atoms with van der Waals surface area (Å²) in [6.45, 7) is 15.5. The fraction of sp³-hybridized carbons (Fsp3) is 0.581. The van der Waals surface area contributed by atoms with Crippen LogP contribution in [0.2, 0.25) is 0 Å². The summed E-state index contributed by atoms with van der Waals surface area (Å²) in [6, 6.07) is 13.5. The maximum Gasteiger partial charge on any atom is 0.260 e. The maximum absolute atomic E-state index is 13.3. The molecule has 0 saturated carbocycles. The van der Waals surface area contributed by atoms with Crippen molar-refractivity contribution in [3.63, 3.8) is 0 Å². The van der Waals surface area contributed by atoms with Gasteiger partial charge in [0.15, 0.2) is 6.61 Å². The number of carbonyl (C=O) groups excluding carboxylic acids is 1. The van der Waals surface area contributed by atoms with E-state index in [1.165, 1.54) is 36.1 Å². The first-order valence-corrected chi connectivity index (χ1v) is 13.8. The zero-order valence-corrected chi connectivity index (χ0v) is 23.1. The first-order chi connectivity index (χ1) is 17.2. The van der Waals surface area contributed by atoms with Crippen molar-refractivity contribution in [3.05, 3.63) is 65.0 Å². The predicted octanol–water partition coefficient (Wildman–Crippen LogP) is 7.13. The van der Waals surface area contributed by atoms with Crippen molar-refractivity contribution in [1.82, 2.24) is 9.80 Å². The molecule has 1 aliphatic heterocycles. The van der Waals surface area contributed by atoms with Crippen LogP contribution in [0.1, 0.15) is 95.8 Å². The molecule has 1 aliphatic rings. The summed E-state index contributed by atoms with van der Waals surface area (Å²) < 4.78 is 19.5. The largest absolute Gasteiger partial charge is 0.483 e. The number of hydrogen-bond donors (Lipinski definition) is 0. The van der Waals surface area contributed by atoms with Gasteiger partial charge in [0.1, 0.15) is 11.6 Å². The molecule has 36 heavy (non-hydrogen) atoms.